The van der Waals surface area contributed by atoms with E-state index >= 15 is 0 Å². The number of carbonyl (C=O) groups is 1. The Hall–Kier alpha value is -1.59. The Labute approximate surface area is 124 Å². The third-order valence-electron chi connectivity index (χ3n) is 4.39. The minimum absolute atomic E-state index is 0.00843. The number of hydrogen-bond donors (Lipinski definition) is 0. The van der Waals surface area contributed by atoms with E-state index in [1.165, 1.54) is 0 Å². The van der Waals surface area contributed by atoms with Gasteiger partial charge < -0.3 is 19.1 Å². The quantitative estimate of drug-likeness (QED) is 0.825. The maximum atomic E-state index is 12.9. The van der Waals surface area contributed by atoms with Crippen molar-refractivity contribution in [2.75, 3.05) is 40.6 Å². The molecule has 0 radical (unpaired) electrons. The molecular formula is C16H21NO4. The molecule has 114 valence electrons. The van der Waals surface area contributed by atoms with Crippen LogP contribution in [0.15, 0.2) is 18.2 Å². The third-order valence-corrected chi connectivity index (χ3v) is 4.39. The maximum Gasteiger partial charge on any atom is 0.258 e. The second kappa shape index (κ2) is 5.66. The smallest absolute Gasteiger partial charge is 0.258 e. The molecular weight excluding hydrogens is 270 g/mol. The SMILES string of the molecule is COCC1(COC)CCN1C(=O)c1cccc2c1OCC2. The Morgan fingerprint density at radius 2 is 2.10 bits per heavy atom. The van der Waals surface area contributed by atoms with Gasteiger partial charge in [0.2, 0.25) is 0 Å². The molecule has 1 saturated heterocycles. The van der Waals surface area contributed by atoms with Crippen molar-refractivity contribution < 1.29 is 19.0 Å². The fraction of sp³-hybridized carbons (Fsp3) is 0.562. The normalized spacial score (nSPS) is 18.9. The van der Waals surface area contributed by atoms with Crippen molar-refractivity contribution in [1.82, 2.24) is 4.90 Å². The molecule has 5 heteroatoms. The molecule has 2 heterocycles. The van der Waals surface area contributed by atoms with Crippen LogP contribution in [0, 0.1) is 0 Å². The Morgan fingerprint density at radius 3 is 2.71 bits per heavy atom. The van der Waals surface area contributed by atoms with Gasteiger partial charge in [0.05, 0.1) is 30.9 Å². The summed E-state index contributed by atoms with van der Waals surface area (Å²) in [5, 5.41) is 0. The van der Waals surface area contributed by atoms with E-state index in [1.807, 2.05) is 23.1 Å². The summed E-state index contributed by atoms with van der Waals surface area (Å²) in [5.41, 5.74) is 1.42. The van der Waals surface area contributed by atoms with E-state index in [2.05, 4.69) is 0 Å². The Bertz CT molecular complexity index is 537. The predicted octanol–water partition coefficient (Wildman–Crippen LogP) is 1.50. The zero-order valence-corrected chi connectivity index (χ0v) is 12.6. The van der Waals surface area contributed by atoms with E-state index in [0.717, 1.165) is 30.7 Å². The van der Waals surface area contributed by atoms with Crippen LogP contribution in [0.5, 0.6) is 5.75 Å². The van der Waals surface area contributed by atoms with Gasteiger partial charge in [-0.05, 0) is 18.1 Å². The number of amides is 1. The lowest BCUT2D eigenvalue weighted by Gasteiger charge is -2.52. The highest BCUT2D eigenvalue weighted by atomic mass is 16.5. The summed E-state index contributed by atoms with van der Waals surface area (Å²) in [7, 11) is 3.31. The van der Waals surface area contributed by atoms with Crippen LogP contribution in [0.4, 0.5) is 0 Å². The lowest BCUT2D eigenvalue weighted by Crippen LogP contribution is -2.66. The van der Waals surface area contributed by atoms with Gasteiger partial charge in [-0.1, -0.05) is 12.1 Å². The number of nitrogens with zero attached hydrogens (tertiary/aromatic N) is 1. The van der Waals surface area contributed by atoms with Crippen LogP contribution >= 0.6 is 0 Å². The minimum Gasteiger partial charge on any atom is -0.492 e. The van der Waals surface area contributed by atoms with Crippen LogP contribution in [0.3, 0.4) is 0 Å². The fourth-order valence-corrected chi connectivity index (χ4v) is 3.26. The molecule has 21 heavy (non-hydrogen) atoms. The molecule has 1 amide bonds. The summed E-state index contributed by atoms with van der Waals surface area (Å²) < 4.78 is 16.3. The number of ether oxygens (including phenoxy) is 3. The summed E-state index contributed by atoms with van der Waals surface area (Å²) in [4.78, 5) is 14.7. The van der Waals surface area contributed by atoms with Crippen molar-refractivity contribution in [3.05, 3.63) is 29.3 Å². The van der Waals surface area contributed by atoms with Gasteiger partial charge in [0.15, 0.2) is 0 Å². The van der Waals surface area contributed by atoms with Crippen LogP contribution in [-0.4, -0.2) is 56.9 Å². The molecule has 0 aromatic heterocycles. The van der Waals surface area contributed by atoms with Crippen molar-refractivity contribution in [3.63, 3.8) is 0 Å². The van der Waals surface area contributed by atoms with Crippen molar-refractivity contribution in [3.8, 4) is 5.75 Å². The topological polar surface area (TPSA) is 48.0 Å². The maximum absolute atomic E-state index is 12.9. The third kappa shape index (κ3) is 2.30. The van der Waals surface area contributed by atoms with Crippen molar-refractivity contribution >= 4 is 5.91 Å². The summed E-state index contributed by atoms with van der Waals surface area (Å²) >= 11 is 0. The molecule has 5 nitrogen and oxygen atoms in total. The number of hydrogen-bond acceptors (Lipinski definition) is 4. The highest BCUT2D eigenvalue weighted by molar-refractivity contribution is 5.98. The number of para-hydroxylation sites is 1. The number of carbonyl (C=O) groups excluding carboxylic acids is 1. The molecule has 0 aliphatic carbocycles. The molecule has 1 fully saturated rings. The molecule has 0 spiro atoms. The molecule has 0 bridgehead atoms. The summed E-state index contributed by atoms with van der Waals surface area (Å²) in [5.74, 6) is 0.757. The largest absolute Gasteiger partial charge is 0.492 e. The average Bonchev–Trinajstić information content (AvgIpc) is 2.94. The van der Waals surface area contributed by atoms with E-state index in [9.17, 15) is 4.79 Å². The van der Waals surface area contributed by atoms with Gasteiger partial charge in [-0.3, -0.25) is 4.79 Å². The monoisotopic (exact) mass is 291 g/mol. The van der Waals surface area contributed by atoms with E-state index < -0.39 is 0 Å². The molecule has 0 unspecified atom stereocenters. The lowest BCUT2D eigenvalue weighted by atomic mass is 9.85. The first-order valence-corrected chi connectivity index (χ1v) is 7.26. The summed E-state index contributed by atoms with van der Waals surface area (Å²) in [6.07, 6.45) is 1.77. The van der Waals surface area contributed by atoms with Gasteiger partial charge in [0.1, 0.15) is 5.75 Å². The fourth-order valence-electron chi connectivity index (χ4n) is 3.26. The van der Waals surface area contributed by atoms with E-state index in [1.54, 1.807) is 14.2 Å². The van der Waals surface area contributed by atoms with Crippen molar-refractivity contribution in [1.29, 1.82) is 0 Å². The molecule has 1 aromatic rings. The standard InChI is InChI=1S/C16H21NO4/c1-19-10-16(11-20-2)7-8-17(16)15(18)13-5-3-4-12-6-9-21-14(12)13/h3-5H,6-11H2,1-2H3. The van der Waals surface area contributed by atoms with Gasteiger partial charge in [0.25, 0.3) is 5.91 Å². The predicted molar refractivity (Wildman–Crippen MR) is 77.8 cm³/mol. The molecule has 1 aromatic carbocycles. The zero-order valence-electron chi connectivity index (χ0n) is 12.6. The first-order chi connectivity index (χ1) is 10.2. The van der Waals surface area contributed by atoms with Crippen molar-refractivity contribution in [2.45, 2.75) is 18.4 Å². The Balaban J connectivity index is 1.87. The number of benzene rings is 1. The van der Waals surface area contributed by atoms with Gasteiger partial charge in [-0.25, -0.2) is 0 Å². The number of fused-ring (bicyclic) bond motifs is 1. The highest BCUT2D eigenvalue weighted by Gasteiger charge is 2.48. The second-order valence-electron chi connectivity index (χ2n) is 5.69. The van der Waals surface area contributed by atoms with Crippen molar-refractivity contribution in [2.24, 2.45) is 0 Å². The van der Waals surface area contributed by atoms with E-state index in [4.69, 9.17) is 14.2 Å². The zero-order chi connectivity index (χ0) is 14.9. The summed E-state index contributed by atoms with van der Waals surface area (Å²) in [6, 6.07) is 5.79. The van der Waals surface area contributed by atoms with Crippen LogP contribution in [0.25, 0.3) is 0 Å². The molecule has 0 N–H and O–H groups in total. The first-order valence-electron chi connectivity index (χ1n) is 7.26. The van der Waals surface area contributed by atoms with Gasteiger partial charge >= 0.3 is 0 Å². The highest BCUT2D eigenvalue weighted by Crippen LogP contribution is 2.37. The lowest BCUT2D eigenvalue weighted by molar-refractivity contribution is -0.0816. The van der Waals surface area contributed by atoms with Crippen LogP contribution in [0.2, 0.25) is 0 Å². The van der Waals surface area contributed by atoms with E-state index in [0.29, 0.717) is 25.4 Å². The number of methoxy groups -OCH3 is 2. The van der Waals surface area contributed by atoms with Crippen LogP contribution in [-0.2, 0) is 15.9 Å². The minimum atomic E-state index is -0.345. The van der Waals surface area contributed by atoms with Gasteiger partial charge in [-0.15, -0.1) is 0 Å². The van der Waals surface area contributed by atoms with Crippen LogP contribution < -0.4 is 4.74 Å². The second-order valence-corrected chi connectivity index (χ2v) is 5.69. The van der Waals surface area contributed by atoms with Gasteiger partial charge in [-0.2, -0.15) is 0 Å². The molecule has 0 saturated carbocycles. The molecule has 0 atom stereocenters. The Kier molecular flexibility index (Phi) is 3.87. The number of rotatable bonds is 5. The molecule has 3 rings (SSSR count). The summed E-state index contributed by atoms with van der Waals surface area (Å²) in [6.45, 7) is 2.36. The molecule has 2 aliphatic heterocycles. The first kappa shape index (κ1) is 14.4. The van der Waals surface area contributed by atoms with Crippen LogP contribution in [0.1, 0.15) is 22.3 Å². The van der Waals surface area contributed by atoms with E-state index in [-0.39, 0.29) is 11.4 Å². The van der Waals surface area contributed by atoms with Gasteiger partial charge in [0, 0.05) is 27.2 Å². The average molecular weight is 291 g/mol. The Morgan fingerprint density at radius 1 is 1.33 bits per heavy atom. The number of likely N-dealkylation sites (tertiary alicyclic amines) is 1. The molecule has 2 aliphatic rings.